The van der Waals surface area contributed by atoms with E-state index in [2.05, 4.69) is 25.6 Å². The lowest BCUT2D eigenvalue weighted by molar-refractivity contribution is -0.143. The van der Waals surface area contributed by atoms with E-state index in [9.17, 15) is 26.3 Å². The number of hydrogen-bond acceptors (Lipinski definition) is 7. The van der Waals surface area contributed by atoms with Crippen LogP contribution in [0.4, 0.5) is 38.0 Å². The second-order valence-electron chi connectivity index (χ2n) is 8.77. The molecule has 0 amide bonds. The van der Waals surface area contributed by atoms with Crippen LogP contribution >= 0.6 is 0 Å². The molecule has 3 heterocycles. The molecule has 2 N–H and O–H groups in total. The summed E-state index contributed by atoms with van der Waals surface area (Å²) < 4.78 is 90.5. The maximum absolute atomic E-state index is 13.3. The number of alkyl halides is 6. The van der Waals surface area contributed by atoms with Crippen molar-refractivity contribution in [3.63, 3.8) is 0 Å². The number of pyridine rings is 1. The van der Waals surface area contributed by atoms with Crippen molar-refractivity contribution in [3.8, 4) is 11.6 Å². The predicted molar refractivity (Wildman–Crippen MR) is 127 cm³/mol. The van der Waals surface area contributed by atoms with Crippen molar-refractivity contribution in [1.29, 1.82) is 0 Å². The molecule has 0 radical (unpaired) electrons. The minimum atomic E-state index is -4.95. The molecule has 0 saturated carbocycles. The summed E-state index contributed by atoms with van der Waals surface area (Å²) in [6.07, 6.45) is -7.48. The van der Waals surface area contributed by atoms with Crippen LogP contribution in [0.15, 0.2) is 36.5 Å². The molecule has 0 unspecified atom stereocenters. The van der Waals surface area contributed by atoms with Gasteiger partial charge in [-0.05, 0) is 42.7 Å². The Morgan fingerprint density at radius 1 is 0.974 bits per heavy atom. The summed E-state index contributed by atoms with van der Waals surface area (Å²) in [6.45, 7) is 2.03. The van der Waals surface area contributed by atoms with Crippen molar-refractivity contribution in [2.24, 2.45) is 0 Å². The van der Waals surface area contributed by atoms with Gasteiger partial charge >= 0.3 is 12.4 Å². The number of hydrogen-bond donors (Lipinski definition) is 2. The Labute approximate surface area is 214 Å². The topological polar surface area (TPSA) is 81.2 Å². The number of fused-ring (bicyclic) bond motifs is 1. The zero-order chi connectivity index (χ0) is 27.7. The van der Waals surface area contributed by atoms with Crippen molar-refractivity contribution in [2.45, 2.75) is 50.6 Å². The van der Waals surface area contributed by atoms with Crippen molar-refractivity contribution in [2.75, 3.05) is 24.9 Å². The number of halogens is 6. The molecule has 1 aliphatic rings. The van der Waals surface area contributed by atoms with Gasteiger partial charge < -0.3 is 20.1 Å². The van der Waals surface area contributed by atoms with Crippen LogP contribution in [0.2, 0.25) is 0 Å². The minimum Gasteiger partial charge on any atom is -0.493 e. The summed E-state index contributed by atoms with van der Waals surface area (Å²) >= 11 is 0. The van der Waals surface area contributed by atoms with Crippen LogP contribution in [0.3, 0.4) is 0 Å². The number of ether oxygens (including phenoxy) is 2. The van der Waals surface area contributed by atoms with Gasteiger partial charge in [-0.3, -0.25) is 0 Å². The van der Waals surface area contributed by atoms with Gasteiger partial charge in [0.2, 0.25) is 11.8 Å². The van der Waals surface area contributed by atoms with Crippen molar-refractivity contribution in [1.82, 2.24) is 15.0 Å². The van der Waals surface area contributed by atoms with E-state index in [1.165, 1.54) is 20.4 Å². The standard InChI is InChI=1S/C25H25F6N5O2/c1-4-16-11-19(22-17(33-16)5-6-21(36-22)38-3)35-23-32-12-20(37-2)18(34-23)9-13-7-14(24(26,27)28)10-15(8-13)25(29,30)31/h5-8,10,12,16,19,33H,4,9,11H2,1-3H3,(H,32,34,35)/t16-,19+/m1/s1. The second kappa shape index (κ2) is 10.5. The van der Waals surface area contributed by atoms with E-state index in [1.807, 2.05) is 13.0 Å². The number of nitrogens with zero attached hydrogens (tertiary/aromatic N) is 3. The summed E-state index contributed by atoms with van der Waals surface area (Å²) in [6, 6.07) is 4.81. The lowest BCUT2D eigenvalue weighted by Crippen LogP contribution is -2.32. The predicted octanol–water partition coefficient (Wildman–Crippen LogP) is 6.26. The zero-order valence-corrected chi connectivity index (χ0v) is 20.7. The Bertz CT molecular complexity index is 1270. The first-order chi connectivity index (χ1) is 17.9. The monoisotopic (exact) mass is 541 g/mol. The Kier molecular flexibility index (Phi) is 7.56. The Morgan fingerprint density at radius 2 is 1.66 bits per heavy atom. The molecule has 0 saturated heterocycles. The van der Waals surface area contributed by atoms with E-state index in [0.29, 0.717) is 30.1 Å². The molecule has 2 aromatic heterocycles. The first kappa shape index (κ1) is 27.3. The third kappa shape index (κ3) is 6.03. The van der Waals surface area contributed by atoms with Gasteiger partial charge in [0.05, 0.1) is 54.7 Å². The highest BCUT2D eigenvalue weighted by Gasteiger charge is 2.37. The first-order valence-corrected chi connectivity index (χ1v) is 11.7. The third-order valence-corrected chi connectivity index (χ3v) is 6.18. The van der Waals surface area contributed by atoms with Crippen LogP contribution in [0.1, 0.15) is 53.9 Å². The number of nitrogens with one attached hydrogen (secondary N) is 2. The second-order valence-corrected chi connectivity index (χ2v) is 8.77. The van der Waals surface area contributed by atoms with E-state index in [-0.39, 0.29) is 47.5 Å². The van der Waals surface area contributed by atoms with E-state index < -0.39 is 23.5 Å². The summed E-state index contributed by atoms with van der Waals surface area (Å²) in [5, 5.41) is 6.61. The molecule has 1 aromatic carbocycles. The van der Waals surface area contributed by atoms with Crippen LogP contribution in [0.25, 0.3) is 0 Å². The molecule has 1 aliphatic heterocycles. The fraction of sp³-hybridized carbons (Fsp3) is 0.400. The smallest absolute Gasteiger partial charge is 0.416 e. The van der Waals surface area contributed by atoms with E-state index in [4.69, 9.17) is 9.47 Å². The van der Waals surface area contributed by atoms with Crippen molar-refractivity contribution in [3.05, 3.63) is 64.6 Å². The normalized spacial score (nSPS) is 17.4. The molecule has 4 rings (SSSR count). The van der Waals surface area contributed by atoms with Gasteiger partial charge in [-0.15, -0.1) is 0 Å². The molecular formula is C25H25F6N5O2. The zero-order valence-electron chi connectivity index (χ0n) is 20.7. The van der Waals surface area contributed by atoms with Crippen LogP contribution in [0.5, 0.6) is 11.6 Å². The maximum atomic E-state index is 13.3. The number of methoxy groups -OCH3 is 2. The molecule has 7 nitrogen and oxygen atoms in total. The largest absolute Gasteiger partial charge is 0.493 e. The quantitative estimate of drug-likeness (QED) is 0.342. The lowest BCUT2D eigenvalue weighted by Gasteiger charge is -2.32. The highest BCUT2D eigenvalue weighted by atomic mass is 19.4. The van der Waals surface area contributed by atoms with Crippen LogP contribution < -0.4 is 20.1 Å². The highest BCUT2D eigenvalue weighted by molar-refractivity contribution is 5.55. The minimum absolute atomic E-state index is 0.0909. The molecule has 0 spiro atoms. The fourth-order valence-electron chi connectivity index (χ4n) is 4.27. The van der Waals surface area contributed by atoms with Gasteiger partial charge in [-0.1, -0.05) is 6.92 Å². The third-order valence-electron chi connectivity index (χ3n) is 6.18. The number of rotatable bonds is 7. The Balaban J connectivity index is 1.68. The Morgan fingerprint density at radius 3 is 2.24 bits per heavy atom. The number of benzene rings is 1. The summed E-state index contributed by atoms with van der Waals surface area (Å²) in [4.78, 5) is 13.2. The van der Waals surface area contributed by atoms with E-state index >= 15 is 0 Å². The SMILES string of the molecule is CC[C@@H]1C[C@H](Nc2ncc(OC)c(Cc3cc(C(F)(F)F)cc(C(F)(F)F)c3)n2)c2nc(OC)ccc2N1. The molecule has 204 valence electrons. The van der Waals surface area contributed by atoms with Crippen LogP contribution in [-0.2, 0) is 18.8 Å². The summed E-state index contributed by atoms with van der Waals surface area (Å²) in [7, 11) is 2.81. The molecule has 13 heteroatoms. The first-order valence-electron chi connectivity index (χ1n) is 11.7. The molecule has 0 aliphatic carbocycles. The average Bonchev–Trinajstić information content (AvgIpc) is 2.87. The van der Waals surface area contributed by atoms with Gasteiger partial charge in [0.15, 0.2) is 5.75 Å². The Hall–Kier alpha value is -3.77. The van der Waals surface area contributed by atoms with Crippen molar-refractivity contribution < 1.29 is 35.8 Å². The molecule has 38 heavy (non-hydrogen) atoms. The molecule has 2 atom stereocenters. The summed E-state index contributed by atoms with van der Waals surface area (Å²) in [5.41, 5.74) is -1.42. The molecule has 0 fully saturated rings. The van der Waals surface area contributed by atoms with Gasteiger partial charge in [0.25, 0.3) is 0 Å². The maximum Gasteiger partial charge on any atom is 0.416 e. The van der Waals surface area contributed by atoms with E-state index in [0.717, 1.165) is 12.1 Å². The number of aromatic nitrogens is 3. The summed E-state index contributed by atoms with van der Waals surface area (Å²) in [5.74, 6) is 0.660. The van der Waals surface area contributed by atoms with E-state index in [1.54, 1.807) is 6.07 Å². The van der Waals surface area contributed by atoms with Gasteiger partial charge in [-0.2, -0.15) is 26.3 Å². The fourth-order valence-corrected chi connectivity index (χ4v) is 4.27. The van der Waals surface area contributed by atoms with Gasteiger partial charge in [0.1, 0.15) is 0 Å². The molecule has 3 aromatic rings. The van der Waals surface area contributed by atoms with Crippen LogP contribution in [0, 0.1) is 0 Å². The average molecular weight is 541 g/mol. The highest BCUT2D eigenvalue weighted by Crippen LogP contribution is 2.38. The van der Waals surface area contributed by atoms with Gasteiger partial charge in [-0.25, -0.2) is 15.0 Å². The lowest BCUT2D eigenvalue weighted by atomic mass is 9.95. The molecular weight excluding hydrogens is 516 g/mol. The number of anilines is 2. The molecule has 0 bridgehead atoms. The van der Waals surface area contributed by atoms with Crippen molar-refractivity contribution >= 4 is 11.6 Å². The van der Waals surface area contributed by atoms with Crippen LogP contribution in [-0.4, -0.2) is 35.2 Å². The van der Waals surface area contributed by atoms with Gasteiger partial charge in [0, 0.05) is 18.5 Å².